The average molecular weight is 307 g/mol. The fourth-order valence-corrected chi connectivity index (χ4v) is 3.83. The summed E-state index contributed by atoms with van der Waals surface area (Å²) in [5.74, 6) is -2.64. The highest BCUT2D eigenvalue weighted by molar-refractivity contribution is 8.47. The predicted octanol–water partition coefficient (Wildman–Crippen LogP) is 2.22. The first-order chi connectivity index (χ1) is 8.36. The molecule has 8 heteroatoms. The minimum Gasteiger partial charge on any atom is -0.481 e. The number of carboxylic acids is 2. The molecule has 0 aromatic carbocycles. The first-order valence-electron chi connectivity index (χ1n) is 5.04. The van der Waals surface area contributed by atoms with Gasteiger partial charge in [0.1, 0.15) is 9.45 Å². The van der Waals surface area contributed by atoms with Gasteiger partial charge in [-0.1, -0.05) is 19.1 Å². The minimum absolute atomic E-state index is 0.0374. The number of thioether (sulfide) groups is 2. The summed E-state index contributed by atoms with van der Waals surface area (Å²) in [5, 5.41) is 25.7. The van der Waals surface area contributed by atoms with E-state index in [1.807, 2.05) is 0 Å². The molecular formula is C10H13NO4S3. The summed E-state index contributed by atoms with van der Waals surface area (Å²) in [6, 6.07) is 1.72. The highest BCUT2D eigenvalue weighted by Crippen LogP contribution is 2.26. The molecule has 0 bridgehead atoms. The molecule has 2 N–H and O–H groups in total. The van der Waals surface area contributed by atoms with Gasteiger partial charge in [0.2, 0.25) is 0 Å². The van der Waals surface area contributed by atoms with Gasteiger partial charge in [0.05, 0.1) is 12.5 Å². The second kappa shape index (κ2) is 9.19. The number of hydrogen-bond donors (Lipinski definition) is 2. The van der Waals surface area contributed by atoms with Crippen LogP contribution in [0.25, 0.3) is 0 Å². The molecular weight excluding hydrogens is 294 g/mol. The normalized spacial score (nSPS) is 13.3. The zero-order valence-corrected chi connectivity index (χ0v) is 12.1. The van der Waals surface area contributed by atoms with E-state index in [1.165, 1.54) is 23.5 Å². The number of rotatable bonds is 7. The Morgan fingerprint density at radius 2 is 2.06 bits per heavy atom. The largest absolute Gasteiger partial charge is 0.481 e. The number of nitriles is 1. The fraction of sp³-hybridized carbons (Fsp3) is 0.600. The van der Waals surface area contributed by atoms with Crippen molar-refractivity contribution >= 4 is 51.2 Å². The molecule has 0 heterocycles. The van der Waals surface area contributed by atoms with Gasteiger partial charge >= 0.3 is 11.9 Å². The highest BCUT2D eigenvalue weighted by atomic mass is 32.2. The predicted molar refractivity (Wildman–Crippen MR) is 75.7 cm³/mol. The van der Waals surface area contributed by atoms with E-state index in [2.05, 4.69) is 0 Å². The molecule has 0 aromatic heterocycles. The smallest absolute Gasteiger partial charge is 0.320 e. The van der Waals surface area contributed by atoms with E-state index in [4.69, 9.17) is 27.7 Å². The van der Waals surface area contributed by atoms with Gasteiger partial charge in [0, 0.05) is 11.0 Å². The van der Waals surface area contributed by atoms with Crippen molar-refractivity contribution in [2.75, 3.05) is 5.75 Å². The lowest BCUT2D eigenvalue weighted by Crippen LogP contribution is -2.16. The fourth-order valence-electron chi connectivity index (χ4n) is 1.01. The molecule has 0 saturated heterocycles. The molecule has 0 rings (SSSR count). The zero-order chi connectivity index (χ0) is 14.1. The topological polar surface area (TPSA) is 98.4 Å². The summed E-state index contributed by atoms with van der Waals surface area (Å²) in [7, 11) is 0. The second-order valence-electron chi connectivity index (χ2n) is 3.43. The molecule has 2 unspecified atom stereocenters. The van der Waals surface area contributed by atoms with Gasteiger partial charge in [-0.25, -0.2) is 0 Å². The molecule has 0 aromatic rings. The SMILES string of the molecule is CC(CC(C#N)C(=O)O)SC(=S)SCCC(=O)O. The number of hydrogen-bond acceptors (Lipinski definition) is 6. The number of aliphatic carboxylic acids is 2. The maximum atomic E-state index is 10.7. The Morgan fingerprint density at radius 1 is 1.44 bits per heavy atom. The van der Waals surface area contributed by atoms with E-state index >= 15 is 0 Å². The standard InChI is InChI=1S/C10H13NO4S3/c1-6(4-7(5-11)9(14)15)18-10(16)17-3-2-8(12)13/h6-7H,2-4H2,1H3,(H,12,13)(H,14,15). The van der Waals surface area contributed by atoms with Gasteiger partial charge < -0.3 is 10.2 Å². The van der Waals surface area contributed by atoms with Crippen molar-refractivity contribution in [2.24, 2.45) is 5.92 Å². The van der Waals surface area contributed by atoms with Crippen LogP contribution in [-0.2, 0) is 9.59 Å². The van der Waals surface area contributed by atoms with Gasteiger partial charge in [0.25, 0.3) is 0 Å². The Bertz CT molecular complexity index is 367. The number of carbonyl (C=O) groups is 2. The van der Waals surface area contributed by atoms with Crippen LogP contribution in [0, 0.1) is 17.2 Å². The molecule has 0 radical (unpaired) electrons. The molecule has 5 nitrogen and oxygen atoms in total. The Kier molecular flexibility index (Phi) is 8.79. The van der Waals surface area contributed by atoms with E-state index in [-0.39, 0.29) is 18.1 Å². The Labute approximate surface area is 119 Å². The second-order valence-corrected chi connectivity index (χ2v) is 7.16. The van der Waals surface area contributed by atoms with Gasteiger partial charge in [-0.05, 0) is 6.42 Å². The summed E-state index contributed by atoms with van der Waals surface area (Å²) in [6.07, 6.45) is 0.256. The molecule has 0 amide bonds. The Balaban J connectivity index is 3.97. The summed E-state index contributed by atoms with van der Waals surface area (Å²) >= 11 is 7.60. The third-order valence-corrected chi connectivity index (χ3v) is 4.57. The van der Waals surface area contributed by atoms with Crippen molar-refractivity contribution in [2.45, 2.75) is 25.0 Å². The molecule has 0 spiro atoms. The lowest BCUT2D eigenvalue weighted by molar-refractivity contribution is -0.140. The van der Waals surface area contributed by atoms with Gasteiger partial charge in [-0.2, -0.15) is 5.26 Å². The lowest BCUT2D eigenvalue weighted by atomic mass is 10.1. The Hall–Kier alpha value is -0.780. The van der Waals surface area contributed by atoms with Crippen molar-refractivity contribution < 1.29 is 19.8 Å². The van der Waals surface area contributed by atoms with E-state index in [9.17, 15) is 9.59 Å². The Morgan fingerprint density at radius 3 is 2.50 bits per heavy atom. The average Bonchev–Trinajstić information content (AvgIpc) is 2.24. The van der Waals surface area contributed by atoms with Crippen LogP contribution < -0.4 is 0 Å². The van der Waals surface area contributed by atoms with E-state index in [1.54, 1.807) is 13.0 Å². The molecule has 100 valence electrons. The van der Waals surface area contributed by atoms with Crippen LogP contribution in [0.3, 0.4) is 0 Å². The highest BCUT2D eigenvalue weighted by Gasteiger charge is 2.21. The third-order valence-electron chi connectivity index (χ3n) is 1.85. The molecule has 2 atom stereocenters. The molecule has 0 saturated carbocycles. The van der Waals surface area contributed by atoms with Gasteiger partial charge in [-0.15, -0.1) is 23.5 Å². The minimum atomic E-state index is -1.13. The summed E-state index contributed by atoms with van der Waals surface area (Å²) < 4.78 is 0.575. The van der Waals surface area contributed by atoms with Gasteiger partial charge in [-0.3, -0.25) is 9.59 Å². The number of thiocarbonyl (C=S) groups is 1. The van der Waals surface area contributed by atoms with Crippen LogP contribution in [-0.4, -0.2) is 36.7 Å². The van der Waals surface area contributed by atoms with Crippen molar-refractivity contribution in [3.05, 3.63) is 0 Å². The molecule has 0 aliphatic rings. The molecule has 0 fully saturated rings. The quantitative estimate of drug-likeness (QED) is 0.691. The van der Waals surface area contributed by atoms with Crippen LogP contribution in [0.15, 0.2) is 0 Å². The van der Waals surface area contributed by atoms with Crippen LogP contribution in [0.4, 0.5) is 0 Å². The third kappa shape index (κ3) is 8.33. The summed E-state index contributed by atoms with van der Waals surface area (Å²) in [4.78, 5) is 21.0. The summed E-state index contributed by atoms with van der Waals surface area (Å²) in [5.41, 5.74) is 0. The van der Waals surface area contributed by atoms with Crippen LogP contribution in [0.5, 0.6) is 0 Å². The van der Waals surface area contributed by atoms with Crippen LogP contribution in [0.1, 0.15) is 19.8 Å². The molecule has 18 heavy (non-hydrogen) atoms. The maximum absolute atomic E-state index is 10.7. The van der Waals surface area contributed by atoms with Crippen molar-refractivity contribution in [1.82, 2.24) is 0 Å². The van der Waals surface area contributed by atoms with Crippen molar-refractivity contribution in [3.8, 4) is 6.07 Å². The molecule has 0 aliphatic carbocycles. The monoisotopic (exact) mass is 307 g/mol. The van der Waals surface area contributed by atoms with Crippen LogP contribution in [0.2, 0.25) is 0 Å². The van der Waals surface area contributed by atoms with Crippen molar-refractivity contribution in [1.29, 1.82) is 5.26 Å². The maximum Gasteiger partial charge on any atom is 0.320 e. The molecule has 0 aliphatic heterocycles. The van der Waals surface area contributed by atoms with Gasteiger partial charge in [0.15, 0.2) is 0 Å². The van der Waals surface area contributed by atoms with Crippen LogP contribution >= 0.6 is 35.7 Å². The van der Waals surface area contributed by atoms with E-state index in [0.29, 0.717) is 9.28 Å². The van der Waals surface area contributed by atoms with E-state index in [0.717, 1.165) is 0 Å². The first-order valence-corrected chi connectivity index (χ1v) is 7.31. The summed E-state index contributed by atoms with van der Waals surface area (Å²) in [6.45, 7) is 1.79. The zero-order valence-electron chi connectivity index (χ0n) is 9.66. The number of carboxylic acid groups (broad SMARTS) is 2. The lowest BCUT2D eigenvalue weighted by Gasteiger charge is -2.12. The first kappa shape index (κ1) is 17.2. The number of nitrogens with zero attached hydrogens (tertiary/aromatic N) is 1. The van der Waals surface area contributed by atoms with E-state index < -0.39 is 17.9 Å². The van der Waals surface area contributed by atoms with Crippen molar-refractivity contribution in [3.63, 3.8) is 0 Å².